The fourth-order valence-electron chi connectivity index (χ4n) is 1.18. The summed E-state index contributed by atoms with van der Waals surface area (Å²) in [5.74, 6) is 0. The number of nitrogens with zero attached hydrogens (tertiary/aromatic N) is 1. The Kier molecular flexibility index (Phi) is 4.92. The van der Waals surface area contributed by atoms with E-state index in [-0.39, 0.29) is 24.0 Å². The number of quaternary nitrogens is 1. The van der Waals surface area contributed by atoms with Crippen molar-refractivity contribution in [2.24, 2.45) is 0 Å². The highest BCUT2D eigenvalue weighted by Gasteiger charge is 2.19. The van der Waals surface area contributed by atoms with E-state index >= 15 is 0 Å². The van der Waals surface area contributed by atoms with Gasteiger partial charge in [0.1, 0.15) is 6.04 Å². The molecule has 1 unspecified atom stereocenters. The van der Waals surface area contributed by atoms with E-state index in [0.29, 0.717) is 6.04 Å². The summed E-state index contributed by atoms with van der Waals surface area (Å²) < 4.78 is 0.976. The van der Waals surface area contributed by atoms with Gasteiger partial charge >= 0.3 is 0 Å². The maximum absolute atomic E-state index is 2.26. The van der Waals surface area contributed by atoms with E-state index in [2.05, 4.69) is 58.4 Å². The molecule has 0 fully saturated rings. The number of hydrogen-bond donors (Lipinski definition) is 0. The minimum absolute atomic E-state index is 0. The van der Waals surface area contributed by atoms with Crippen molar-refractivity contribution in [1.82, 2.24) is 0 Å². The van der Waals surface area contributed by atoms with Gasteiger partial charge in [0.25, 0.3) is 0 Å². The van der Waals surface area contributed by atoms with Crippen LogP contribution in [0.2, 0.25) is 0 Å². The Morgan fingerprint density at radius 3 is 1.85 bits per heavy atom. The zero-order valence-electron chi connectivity index (χ0n) is 8.82. The molecular formula is C11H19IN+. The molecule has 0 aromatic heterocycles. The van der Waals surface area contributed by atoms with Crippen molar-refractivity contribution >= 4 is 24.0 Å². The van der Waals surface area contributed by atoms with Gasteiger partial charge in [-0.1, -0.05) is 30.3 Å². The average molecular weight is 292 g/mol. The van der Waals surface area contributed by atoms with Gasteiger partial charge in [0.15, 0.2) is 0 Å². The molecule has 0 aliphatic carbocycles. The predicted molar refractivity (Wildman–Crippen MR) is 68.3 cm³/mol. The van der Waals surface area contributed by atoms with Crippen LogP contribution in [0.25, 0.3) is 0 Å². The molecule has 74 valence electrons. The normalized spacial score (nSPS) is 13.2. The summed E-state index contributed by atoms with van der Waals surface area (Å²) in [6.45, 7) is 2.26. The van der Waals surface area contributed by atoms with Crippen molar-refractivity contribution in [2.75, 3.05) is 21.1 Å². The van der Waals surface area contributed by atoms with E-state index < -0.39 is 0 Å². The van der Waals surface area contributed by atoms with Gasteiger partial charge in [0, 0.05) is 5.56 Å². The third-order valence-corrected chi connectivity index (χ3v) is 2.44. The molecule has 1 atom stereocenters. The number of rotatable bonds is 2. The minimum Gasteiger partial charge on any atom is -0.325 e. The van der Waals surface area contributed by atoms with Crippen LogP contribution in [0.15, 0.2) is 30.3 Å². The van der Waals surface area contributed by atoms with Crippen molar-refractivity contribution < 1.29 is 4.48 Å². The largest absolute Gasteiger partial charge is 0.325 e. The lowest BCUT2D eigenvalue weighted by molar-refractivity contribution is -0.900. The van der Waals surface area contributed by atoms with Crippen LogP contribution >= 0.6 is 24.0 Å². The highest BCUT2D eigenvalue weighted by molar-refractivity contribution is 14.0. The Hall–Kier alpha value is -0.0900. The molecule has 1 aromatic carbocycles. The van der Waals surface area contributed by atoms with Gasteiger partial charge in [0.2, 0.25) is 0 Å². The minimum atomic E-state index is 0. The molecule has 0 bridgehead atoms. The first kappa shape index (κ1) is 12.9. The van der Waals surface area contributed by atoms with Gasteiger partial charge in [-0.3, -0.25) is 0 Å². The molecule has 1 aromatic rings. The van der Waals surface area contributed by atoms with Gasteiger partial charge in [-0.05, 0) is 6.92 Å². The molecule has 0 amide bonds. The zero-order valence-corrected chi connectivity index (χ0v) is 11.1. The lowest BCUT2D eigenvalue weighted by Crippen LogP contribution is -2.37. The summed E-state index contributed by atoms with van der Waals surface area (Å²) in [7, 11) is 6.66. The molecule has 0 saturated heterocycles. The lowest BCUT2D eigenvalue weighted by atomic mass is 10.1. The highest BCUT2D eigenvalue weighted by Crippen LogP contribution is 2.21. The molecule has 2 heteroatoms. The number of benzene rings is 1. The number of hydrogen-bond acceptors (Lipinski definition) is 0. The first-order valence-corrected chi connectivity index (χ1v) is 4.38. The van der Waals surface area contributed by atoms with Gasteiger partial charge in [-0.25, -0.2) is 0 Å². The summed E-state index contributed by atoms with van der Waals surface area (Å²) >= 11 is 0. The maximum atomic E-state index is 2.26. The van der Waals surface area contributed by atoms with Crippen molar-refractivity contribution in [1.29, 1.82) is 0 Å². The van der Waals surface area contributed by atoms with Crippen molar-refractivity contribution in [3.05, 3.63) is 35.9 Å². The van der Waals surface area contributed by atoms with E-state index in [0.717, 1.165) is 4.48 Å². The summed E-state index contributed by atoms with van der Waals surface area (Å²) in [5, 5.41) is 0. The fourth-order valence-corrected chi connectivity index (χ4v) is 1.18. The molecule has 0 radical (unpaired) electrons. The van der Waals surface area contributed by atoms with Crippen LogP contribution in [-0.4, -0.2) is 25.6 Å². The number of halogens is 1. The van der Waals surface area contributed by atoms with Crippen LogP contribution in [0.1, 0.15) is 18.5 Å². The maximum Gasteiger partial charge on any atom is 0.111 e. The predicted octanol–water partition coefficient (Wildman–Crippen LogP) is 3.07. The van der Waals surface area contributed by atoms with E-state index in [1.54, 1.807) is 0 Å². The van der Waals surface area contributed by atoms with Crippen molar-refractivity contribution in [3.8, 4) is 0 Å². The highest BCUT2D eigenvalue weighted by atomic mass is 127. The third kappa shape index (κ3) is 3.65. The van der Waals surface area contributed by atoms with Crippen LogP contribution in [0.3, 0.4) is 0 Å². The Morgan fingerprint density at radius 2 is 1.46 bits per heavy atom. The molecular weight excluding hydrogens is 273 g/mol. The van der Waals surface area contributed by atoms with Crippen LogP contribution < -0.4 is 0 Å². The van der Waals surface area contributed by atoms with E-state index in [4.69, 9.17) is 0 Å². The van der Waals surface area contributed by atoms with Crippen LogP contribution in [-0.2, 0) is 0 Å². The molecule has 0 N–H and O–H groups in total. The second kappa shape index (κ2) is 4.96. The molecule has 0 aliphatic heterocycles. The molecule has 0 spiro atoms. The molecule has 0 aliphatic rings. The zero-order chi connectivity index (χ0) is 9.19. The lowest BCUT2D eigenvalue weighted by Gasteiger charge is -2.31. The Balaban J connectivity index is 0.00000144. The smallest absolute Gasteiger partial charge is 0.111 e. The SMILES string of the molecule is CC(c1ccccc1)[N+](C)(C)C.I. The van der Waals surface area contributed by atoms with Crippen LogP contribution in [0, 0.1) is 0 Å². The molecule has 0 saturated carbocycles. The standard InChI is InChI=1S/C11H18N.HI/c1-10(12(2,3)4)11-8-6-5-7-9-11;/h5-10H,1-4H3;1H/q+1;. The van der Waals surface area contributed by atoms with Crippen LogP contribution in [0.5, 0.6) is 0 Å². The monoisotopic (exact) mass is 292 g/mol. The second-order valence-corrected chi connectivity index (χ2v) is 4.20. The second-order valence-electron chi connectivity index (χ2n) is 4.20. The topological polar surface area (TPSA) is 0 Å². The third-order valence-electron chi connectivity index (χ3n) is 2.44. The molecule has 13 heavy (non-hydrogen) atoms. The van der Waals surface area contributed by atoms with Crippen LogP contribution in [0.4, 0.5) is 0 Å². The Morgan fingerprint density at radius 1 is 1.00 bits per heavy atom. The van der Waals surface area contributed by atoms with Gasteiger partial charge in [0.05, 0.1) is 21.1 Å². The molecule has 0 heterocycles. The fraction of sp³-hybridized carbons (Fsp3) is 0.455. The Labute approximate surface area is 98.4 Å². The quantitative estimate of drug-likeness (QED) is 0.580. The van der Waals surface area contributed by atoms with Crippen molar-refractivity contribution in [3.63, 3.8) is 0 Å². The van der Waals surface area contributed by atoms with E-state index in [1.165, 1.54) is 5.56 Å². The summed E-state index contributed by atoms with van der Waals surface area (Å²) in [6, 6.07) is 11.2. The Bertz CT molecular complexity index is 238. The summed E-state index contributed by atoms with van der Waals surface area (Å²) in [5.41, 5.74) is 1.41. The molecule has 1 rings (SSSR count). The van der Waals surface area contributed by atoms with Crippen molar-refractivity contribution in [2.45, 2.75) is 13.0 Å². The first-order valence-electron chi connectivity index (χ1n) is 4.38. The first-order chi connectivity index (χ1) is 5.52. The summed E-state index contributed by atoms with van der Waals surface area (Å²) in [4.78, 5) is 0. The van der Waals surface area contributed by atoms with Gasteiger partial charge < -0.3 is 4.48 Å². The van der Waals surface area contributed by atoms with Gasteiger partial charge in [-0.15, -0.1) is 24.0 Å². The van der Waals surface area contributed by atoms with E-state index in [1.807, 2.05) is 0 Å². The summed E-state index contributed by atoms with van der Waals surface area (Å²) in [6.07, 6.45) is 0. The van der Waals surface area contributed by atoms with Gasteiger partial charge in [-0.2, -0.15) is 0 Å². The van der Waals surface area contributed by atoms with E-state index in [9.17, 15) is 0 Å². The average Bonchev–Trinajstić information content (AvgIpc) is 2.03. The molecule has 1 nitrogen and oxygen atoms in total.